The number of ketones is 1. The van der Waals surface area contributed by atoms with Crippen molar-refractivity contribution in [3.63, 3.8) is 0 Å². The van der Waals surface area contributed by atoms with Gasteiger partial charge in [0.15, 0.2) is 5.78 Å². The number of Topliss-reactive ketones (excluding diaryl/α,β-unsaturated/α-hetero) is 1. The van der Waals surface area contributed by atoms with Crippen molar-refractivity contribution < 1.29 is 19.4 Å². The Morgan fingerprint density at radius 1 is 1.24 bits per heavy atom. The fraction of sp³-hybridized carbons (Fsp3) is 0.529. The third-order valence-electron chi connectivity index (χ3n) is 3.80. The smallest absolute Gasteiger partial charge is 0.312 e. The van der Waals surface area contributed by atoms with Gasteiger partial charge in [0.25, 0.3) is 0 Å². The second-order valence-corrected chi connectivity index (χ2v) is 5.16. The van der Waals surface area contributed by atoms with Crippen molar-refractivity contribution in [2.45, 2.75) is 45.6 Å². The summed E-state index contributed by atoms with van der Waals surface area (Å²) in [6, 6.07) is 9.60. The van der Waals surface area contributed by atoms with Crippen LogP contribution in [0.2, 0.25) is 0 Å². The Labute approximate surface area is 126 Å². The van der Waals surface area contributed by atoms with Crippen LogP contribution in [0.1, 0.15) is 39.2 Å². The topological polar surface area (TPSA) is 63.6 Å². The van der Waals surface area contributed by atoms with Gasteiger partial charge in [0.2, 0.25) is 0 Å². The first kappa shape index (κ1) is 17.4. The summed E-state index contributed by atoms with van der Waals surface area (Å²) in [5.74, 6) is -1.72. The molecular weight excluding hydrogens is 268 g/mol. The molecule has 0 saturated heterocycles. The lowest BCUT2D eigenvalue weighted by Crippen LogP contribution is -2.48. The Morgan fingerprint density at radius 3 is 2.38 bits per heavy atom. The first-order valence-corrected chi connectivity index (χ1v) is 7.41. The van der Waals surface area contributed by atoms with E-state index < -0.39 is 17.5 Å². The standard InChI is InChI=1S/C17H24O4/c1-4-15(18)17(20,13(3)16(19)21-5-2)12-11-14-9-7-6-8-10-14/h6-10,13,20H,4-5,11-12H2,1-3H3/t13-,17-/m1/s1. The van der Waals surface area contributed by atoms with E-state index in [2.05, 4.69) is 0 Å². The average molecular weight is 292 g/mol. The number of benzene rings is 1. The van der Waals surface area contributed by atoms with Gasteiger partial charge in [0.1, 0.15) is 5.60 Å². The first-order chi connectivity index (χ1) is 9.95. The summed E-state index contributed by atoms with van der Waals surface area (Å²) in [5.41, 5.74) is -0.646. The minimum Gasteiger partial charge on any atom is -0.466 e. The third kappa shape index (κ3) is 4.39. The highest BCUT2D eigenvalue weighted by atomic mass is 16.5. The first-order valence-electron chi connectivity index (χ1n) is 7.41. The average Bonchev–Trinajstić information content (AvgIpc) is 2.52. The number of aryl methyl sites for hydroxylation is 1. The maximum absolute atomic E-state index is 12.1. The van der Waals surface area contributed by atoms with Crippen molar-refractivity contribution >= 4 is 11.8 Å². The molecule has 0 radical (unpaired) electrons. The van der Waals surface area contributed by atoms with Gasteiger partial charge in [-0.05, 0) is 32.3 Å². The normalized spacial score (nSPS) is 15.0. The molecule has 0 aromatic heterocycles. The van der Waals surface area contributed by atoms with E-state index in [-0.39, 0.29) is 25.2 Å². The number of hydrogen-bond acceptors (Lipinski definition) is 4. The van der Waals surface area contributed by atoms with E-state index >= 15 is 0 Å². The predicted molar refractivity (Wildman–Crippen MR) is 80.8 cm³/mol. The summed E-state index contributed by atoms with van der Waals surface area (Å²) in [7, 11) is 0. The Kier molecular flexibility index (Phi) is 6.56. The van der Waals surface area contributed by atoms with E-state index in [1.54, 1.807) is 20.8 Å². The summed E-state index contributed by atoms with van der Waals surface area (Å²) in [6.07, 6.45) is 0.936. The number of hydrogen-bond donors (Lipinski definition) is 1. The largest absolute Gasteiger partial charge is 0.466 e. The predicted octanol–water partition coefficient (Wildman–Crippen LogP) is 2.53. The molecule has 0 aliphatic heterocycles. The molecule has 4 nitrogen and oxygen atoms in total. The molecule has 2 atom stereocenters. The van der Waals surface area contributed by atoms with Crippen LogP contribution in [0.4, 0.5) is 0 Å². The zero-order valence-electron chi connectivity index (χ0n) is 13.0. The molecule has 0 aliphatic rings. The van der Waals surface area contributed by atoms with Crippen molar-refractivity contribution in [1.82, 2.24) is 0 Å². The van der Waals surface area contributed by atoms with Crippen LogP contribution in [0.5, 0.6) is 0 Å². The van der Waals surface area contributed by atoms with Crippen LogP contribution < -0.4 is 0 Å². The summed E-state index contributed by atoms with van der Waals surface area (Å²) in [4.78, 5) is 24.0. The molecule has 1 N–H and O–H groups in total. The van der Waals surface area contributed by atoms with Gasteiger partial charge in [-0.1, -0.05) is 37.3 Å². The summed E-state index contributed by atoms with van der Waals surface area (Å²) in [6.45, 7) is 5.18. The lowest BCUT2D eigenvalue weighted by atomic mass is 9.79. The van der Waals surface area contributed by atoms with Crippen molar-refractivity contribution in [1.29, 1.82) is 0 Å². The molecular formula is C17H24O4. The lowest BCUT2D eigenvalue weighted by molar-refractivity contribution is -0.164. The molecule has 1 aromatic rings. The highest BCUT2D eigenvalue weighted by Gasteiger charge is 2.44. The van der Waals surface area contributed by atoms with Crippen LogP contribution in [0, 0.1) is 5.92 Å². The zero-order chi connectivity index (χ0) is 15.9. The number of carbonyl (C=O) groups is 2. The van der Waals surface area contributed by atoms with E-state index in [0.29, 0.717) is 6.42 Å². The van der Waals surface area contributed by atoms with Crippen molar-refractivity contribution in [2.24, 2.45) is 5.92 Å². The highest BCUT2D eigenvalue weighted by Crippen LogP contribution is 2.27. The van der Waals surface area contributed by atoms with Gasteiger partial charge in [-0.15, -0.1) is 0 Å². The second kappa shape index (κ2) is 7.93. The third-order valence-corrected chi connectivity index (χ3v) is 3.80. The van der Waals surface area contributed by atoms with Gasteiger partial charge < -0.3 is 9.84 Å². The fourth-order valence-electron chi connectivity index (χ4n) is 2.35. The van der Waals surface area contributed by atoms with E-state index in [0.717, 1.165) is 5.56 Å². The molecule has 0 bridgehead atoms. The molecule has 0 amide bonds. The Bertz CT molecular complexity index is 469. The van der Waals surface area contributed by atoms with Gasteiger partial charge >= 0.3 is 5.97 Å². The Morgan fingerprint density at radius 2 is 1.86 bits per heavy atom. The van der Waals surface area contributed by atoms with E-state index in [1.165, 1.54) is 0 Å². The zero-order valence-corrected chi connectivity index (χ0v) is 13.0. The van der Waals surface area contributed by atoms with Crippen LogP contribution in [-0.4, -0.2) is 29.1 Å². The number of ether oxygens (including phenoxy) is 1. The van der Waals surface area contributed by atoms with Gasteiger partial charge in [0.05, 0.1) is 12.5 Å². The molecule has 116 valence electrons. The maximum atomic E-state index is 12.1. The SMILES string of the molecule is CCOC(=O)[C@@H](C)[C@](O)(CCc1ccccc1)C(=O)CC. The van der Waals surface area contributed by atoms with E-state index in [4.69, 9.17) is 4.74 Å². The molecule has 0 saturated carbocycles. The summed E-state index contributed by atoms with van der Waals surface area (Å²) in [5, 5.41) is 10.8. The molecule has 0 spiro atoms. The number of esters is 1. The molecule has 21 heavy (non-hydrogen) atoms. The fourth-order valence-corrected chi connectivity index (χ4v) is 2.35. The van der Waals surface area contributed by atoms with E-state index in [1.807, 2.05) is 30.3 Å². The summed E-state index contributed by atoms with van der Waals surface area (Å²) >= 11 is 0. The second-order valence-electron chi connectivity index (χ2n) is 5.16. The maximum Gasteiger partial charge on any atom is 0.312 e. The van der Waals surface area contributed by atoms with Crippen molar-refractivity contribution in [3.05, 3.63) is 35.9 Å². The van der Waals surface area contributed by atoms with Crippen LogP contribution in [0.3, 0.4) is 0 Å². The lowest BCUT2D eigenvalue weighted by Gasteiger charge is -2.31. The van der Waals surface area contributed by atoms with Crippen molar-refractivity contribution in [2.75, 3.05) is 6.61 Å². The highest BCUT2D eigenvalue weighted by molar-refractivity contribution is 5.92. The van der Waals surface area contributed by atoms with Crippen LogP contribution in [0.15, 0.2) is 30.3 Å². The van der Waals surface area contributed by atoms with Crippen LogP contribution in [-0.2, 0) is 20.7 Å². The number of aliphatic hydroxyl groups is 1. The monoisotopic (exact) mass is 292 g/mol. The van der Waals surface area contributed by atoms with Gasteiger partial charge in [-0.25, -0.2) is 0 Å². The van der Waals surface area contributed by atoms with Crippen molar-refractivity contribution in [3.8, 4) is 0 Å². The summed E-state index contributed by atoms with van der Waals surface area (Å²) < 4.78 is 4.95. The molecule has 1 rings (SSSR count). The number of carbonyl (C=O) groups excluding carboxylic acids is 2. The minimum atomic E-state index is -1.67. The molecule has 0 aliphatic carbocycles. The molecule has 0 heterocycles. The van der Waals surface area contributed by atoms with Crippen LogP contribution >= 0.6 is 0 Å². The number of rotatable bonds is 8. The molecule has 1 aromatic carbocycles. The van der Waals surface area contributed by atoms with Gasteiger partial charge in [-0.2, -0.15) is 0 Å². The molecule has 4 heteroatoms. The minimum absolute atomic E-state index is 0.190. The molecule has 0 unspecified atom stereocenters. The van der Waals surface area contributed by atoms with E-state index in [9.17, 15) is 14.7 Å². The Balaban J connectivity index is 2.88. The van der Waals surface area contributed by atoms with Gasteiger partial charge in [0, 0.05) is 6.42 Å². The molecule has 0 fully saturated rings. The van der Waals surface area contributed by atoms with Gasteiger partial charge in [-0.3, -0.25) is 9.59 Å². The van der Waals surface area contributed by atoms with Crippen LogP contribution in [0.25, 0.3) is 0 Å². The Hall–Kier alpha value is -1.68. The quantitative estimate of drug-likeness (QED) is 0.748.